The Bertz CT molecular complexity index is 1080. The molecule has 0 atom stereocenters. The molecule has 10 heteroatoms. The quantitative estimate of drug-likeness (QED) is 0.316. The first-order valence-corrected chi connectivity index (χ1v) is 10.8. The van der Waals surface area contributed by atoms with Gasteiger partial charge in [-0.05, 0) is 67.1 Å². The van der Waals surface area contributed by atoms with E-state index in [1.165, 1.54) is 18.0 Å². The first-order chi connectivity index (χ1) is 14.8. The van der Waals surface area contributed by atoms with Gasteiger partial charge in [0, 0.05) is 10.6 Å². The van der Waals surface area contributed by atoms with E-state index >= 15 is 0 Å². The highest BCUT2D eigenvalue weighted by molar-refractivity contribution is 7.98. The van der Waals surface area contributed by atoms with Crippen molar-refractivity contribution in [1.29, 1.82) is 0 Å². The van der Waals surface area contributed by atoms with Gasteiger partial charge in [-0.1, -0.05) is 23.4 Å². The molecule has 31 heavy (non-hydrogen) atoms. The Hall–Kier alpha value is -2.65. The molecule has 0 aliphatic heterocycles. The third-order valence-electron chi connectivity index (χ3n) is 4.44. The predicted molar refractivity (Wildman–Crippen MR) is 118 cm³/mol. The van der Waals surface area contributed by atoms with Crippen molar-refractivity contribution in [1.82, 2.24) is 14.9 Å². The van der Waals surface area contributed by atoms with Crippen LogP contribution in [0.25, 0.3) is 0 Å². The molecule has 3 aromatic rings. The zero-order chi connectivity index (χ0) is 22.5. The summed E-state index contributed by atoms with van der Waals surface area (Å²) in [4.78, 5) is 0. The van der Waals surface area contributed by atoms with Crippen molar-refractivity contribution in [3.05, 3.63) is 63.4 Å². The lowest BCUT2D eigenvalue weighted by atomic mass is 10.1. The van der Waals surface area contributed by atoms with Gasteiger partial charge in [0.25, 0.3) is 6.43 Å². The molecule has 0 aliphatic carbocycles. The summed E-state index contributed by atoms with van der Waals surface area (Å²) in [6.45, 7) is 4.08. The van der Waals surface area contributed by atoms with Gasteiger partial charge >= 0.3 is 0 Å². The fourth-order valence-corrected chi connectivity index (χ4v) is 3.46. The minimum absolute atomic E-state index is 0.246. The van der Waals surface area contributed by atoms with Crippen molar-refractivity contribution in [3.8, 4) is 11.5 Å². The summed E-state index contributed by atoms with van der Waals surface area (Å²) in [6.07, 6.45) is 0.402. The van der Waals surface area contributed by atoms with Crippen LogP contribution < -0.4 is 9.47 Å². The summed E-state index contributed by atoms with van der Waals surface area (Å²) in [5.41, 5.74) is 3.32. The van der Waals surface area contributed by atoms with Gasteiger partial charge in [0.2, 0.25) is 11.0 Å². The maximum atomic E-state index is 13.2. The topological polar surface area (TPSA) is 61.5 Å². The molecule has 0 saturated carbocycles. The van der Waals surface area contributed by atoms with E-state index < -0.39 is 12.2 Å². The van der Waals surface area contributed by atoms with Crippen LogP contribution in [-0.2, 0) is 6.61 Å². The lowest BCUT2D eigenvalue weighted by Gasteiger charge is -2.13. The van der Waals surface area contributed by atoms with Crippen LogP contribution in [0.2, 0.25) is 5.02 Å². The second-order valence-electron chi connectivity index (χ2n) is 6.63. The molecule has 0 radical (unpaired) electrons. The number of rotatable bonds is 8. The van der Waals surface area contributed by atoms with Crippen molar-refractivity contribution >= 4 is 29.6 Å². The largest absolute Gasteiger partial charge is 0.496 e. The van der Waals surface area contributed by atoms with Gasteiger partial charge in [0.05, 0.1) is 13.3 Å². The Morgan fingerprint density at radius 3 is 2.52 bits per heavy atom. The molecule has 6 nitrogen and oxygen atoms in total. The molecule has 0 fully saturated rings. The number of alkyl halides is 2. The highest BCUT2D eigenvalue weighted by Gasteiger charge is 2.19. The molecular formula is C21H21ClF2N4O2S. The molecule has 0 saturated heterocycles. The molecule has 0 amide bonds. The van der Waals surface area contributed by atoms with Crippen LogP contribution in [0, 0.1) is 13.8 Å². The second kappa shape index (κ2) is 10.1. The van der Waals surface area contributed by atoms with Crippen LogP contribution in [0.1, 0.15) is 34.5 Å². The molecule has 164 valence electrons. The molecule has 0 N–H and O–H groups in total. The fraction of sp³-hybridized carbons (Fsp3) is 0.286. The van der Waals surface area contributed by atoms with Gasteiger partial charge < -0.3 is 9.47 Å². The zero-order valence-corrected chi connectivity index (χ0v) is 19.0. The van der Waals surface area contributed by atoms with Gasteiger partial charge in [0.15, 0.2) is 0 Å². The molecule has 0 aliphatic rings. The lowest BCUT2D eigenvalue weighted by molar-refractivity contribution is 0.135. The number of hydrogen-bond acceptors (Lipinski definition) is 6. The van der Waals surface area contributed by atoms with E-state index in [4.69, 9.17) is 21.1 Å². The van der Waals surface area contributed by atoms with Gasteiger partial charge in [0.1, 0.15) is 18.1 Å². The Balaban J connectivity index is 1.84. The normalized spacial score (nSPS) is 11.5. The maximum absolute atomic E-state index is 13.2. The van der Waals surface area contributed by atoms with Gasteiger partial charge in [-0.2, -0.15) is 9.78 Å². The van der Waals surface area contributed by atoms with Crippen molar-refractivity contribution in [2.24, 2.45) is 5.10 Å². The number of nitrogens with zero attached hydrogens (tertiary/aromatic N) is 4. The summed E-state index contributed by atoms with van der Waals surface area (Å²) in [5.74, 6) is 0.823. The van der Waals surface area contributed by atoms with E-state index in [1.807, 2.05) is 32.0 Å². The molecule has 0 unspecified atom stereocenters. The second-order valence-corrected chi connectivity index (χ2v) is 7.78. The summed E-state index contributed by atoms with van der Waals surface area (Å²) in [7, 11) is 1.57. The Morgan fingerprint density at radius 2 is 1.90 bits per heavy atom. The number of aromatic nitrogens is 3. The molecule has 0 spiro atoms. The van der Waals surface area contributed by atoms with Crippen molar-refractivity contribution in [2.45, 2.75) is 32.0 Å². The van der Waals surface area contributed by atoms with Crippen LogP contribution in [0.15, 0.2) is 40.6 Å². The maximum Gasteiger partial charge on any atom is 0.299 e. The van der Waals surface area contributed by atoms with E-state index in [1.54, 1.807) is 25.5 Å². The van der Waals surface area contributed by atoms with Crippen molar-refractivity contribution in [2.75, 3.05) is 13.4 Å². The zero-order valence-electron chi connectivity index (χ0n) is 17.4. The van der Waals surface area contributed by atoms with Crippen LogP contribution >= 0.6 is 23.4 Å². The monoisotopic (exact) mass is 466 g/mol. The Morgan fingerprint density at radius 1 is 1.19 bits per heavy atom. The van der Waals surface area contributed by atoms with Crippen LogP contribution in [-0.4, -0.2) is 34.5 Å². The third kappa shape index (κ3) is 5.34. The average Bonchev–Trinajstić information content (AvgIpc) is 3.17. The predicted octanol–water partition coefficient (Wildman–Crippen LogP) is 5.68. The number of methoxy groups -OCH3 is 1. The van der Waals surface area contributed by atoms with Gasteiger partial charge in [-0.15, -0.1) is 10.2 Å². The molecular weight excluding hydrogens is 446 g/mol. The highest BCUT2D eigenvalue weighted by atomic mass is 35.5. The minimum Gasteiger partial charge on any atom is -0.496 e. The van der Waals surface area contributed by atoms with E-state index in [2.05, 4.69) is 15.3 Å². The van der Waals surface area contributed by atoms with Gasteiger partial charge in [-0.3, -0.25) is 0 Å². The fourth-order valence-electron chi connectivity index (χ4n) is 2.92. The van der Waals surface area contributed by atoms with Crippen LogP contribution in [0.4, 0.5) is 8.78 Å². The Kier molecular flexibility index (Phi) is 7.50. The van der Waals surface area contributed by atoms with Gasteiger partial charge in [-0.25, -0.2) is 8.78 Å². The standard InChI is InChI=1S/C21H21ClF2N4O2S/c1-12-7-16(8-13(2)18(12)22)30-11-15-9-14(5-6-17(15)29-3)10-25-28-20(19(23)24)26-27-21(28)31-4/h5-10,19H,11H2,1-4H3/b25-10+. The molecule has 1 heterocycles. The van der Waals surface area contributed by atoms with Crippen molar-refractivity contribution < 1.29 is 18.3 Å². The summed E-state index contributed by atoms with van der Waals surface area (Å²) >= 11 is 7.39. The molecule has 1 aromatic heterocycles. The summed E-state index contributed by atoms with van der Waals surface area (Å²) < 4.78 is 38.7. The van der Waals surface area contributed by atoms with Crippen molar-refractivity contribution in [3.63, 3.8) is 0 Å². The number of ether oxygens (including phenoxy) is 2. The van der Waals surface area contributed by atoms with E-state index in [0.717, 1.165) is 21.4 Å². The smallest absolute Gasteiger partial charge is 0.299 e. The number of aryl methyl sites for hydroxylation is 2. The van der Waals surface area contributed by atoms with E-state index in [9.17, 15) is 8.78 Å². The molecule has 3 rings (SSSR count). The highest BCUT2D eigenvalue weighted by Crippen LogP contribution is 2.28. The SMILES string of the molecule is COc1ccc(/C=N/n2c(SC)nnc2C(F)F)cc1COc1cc(C)c(Cl)c(C)c1. The average molecular weight is 467 g/mol. The first-order valence-electron chi connectivity index (χ1n) is 9.22. The number of thioether (sulfide) groups is 1. The number of halogens is 3. The number of hydrogen-bond donors (Lipinski definition) is 0. The van der Waals surface area contributed by atoms with E-state index in [-0.39, 0.29) is 11.8 Å². The summed E-state index contributed by atoms with van der Waals surface area (Å²) in [6, 6.07) is 9.11. The minimum atomic E-state index is -2.78. The van der Waals surface area contributed by atoms with E-state index in [0.29, 0.717) is 22.1 Å². The number of benzene rings is 2. The molecule has 2 aromatic carbocycles. The summed E-state index contributed by atoms with van der Waals surface area (Å²) in [5, 5.41) is 12.4. The Labute approximate surface area is 188 Å². The molecule has 0 bridgehead atoms. The first kappa shape index (κ1) is 23.0. The third-order valence-corrected chi connectivity index (χ3v) is 5.66. The van der Waals surface area contributed by atoms with Crippen LogP contribution in [0.3, 0.4) is 0 Å². The lowest BCUT2D eigenvalue weighted by Crippen LogP contribution is -2.02. The van der Waals surface area contributed by atoms with Crippen LogP contribution in [0.5, 0.6) is 11.5 Å².